The Balaban J connectivity index is 1.84. The Hall–Kier alpha value is -1.63. The normalized spacial score (nSPS) is 19.0. The fourth-order valence-corrected chi connectivity index (χ4v) is 2.45. The van der Waals surface area contributed by atoms with Gasteiger partial charge in [0.2, 0.25) is 0 Å². The first kappa shape index (κ1) is 14.8. The molecule has 0 spiro atoms. The Morgan fingerprint density at radius 3 is 2.95 bits per heavy atom. The van der Waals surface area contributed by atoms with Gasteiger partial charge in [-0.15, -0.1) is 0 Å². The molecule has 6 nitrogen and oxygen atoms in total. The monoisotopic (exact) mass is 278 g/mol. The molecule has 1 fully saturated rings. The number of likely N-dealkylation sites (tertiary alicyclic amines) is 1. The number of nitrogens with zero attached hydrogens (tertiary/aromatic N) is 1. The summed E-state index contributed by atoms with van der Waals surface area (Å²) in [5.74, 6) is 5.98. The van der Waals surface area contributed by atoms with Gasteiger partial charge >= 0.3 is 0 Å². The summed E-state index contributed by atoms with van der Waals surface area (Å²) in [6.45, 7) is 4.24. The van der Waals surface area contributed by atoms with Crippen LogP contribution in [0.3, 0.4) is 0 Å². The minimum atomic E-state index is -0.343. The van der Waals surface area contributed by atoms with E-state index in [2.05, 4.69) is 10.3 Å². The molecule has 0 aromatic heterocycles. The van der Waals surface area contributed by atoms with Crippen molar-refractivity contribution in [3.05, 3.63) is 29.8 Å². The molecule has 0 aliphatic carbocycles. The summed E-state index contributed by atoms with van der Waals surface area (Å²) < 4.78 is 5.70. The Morgan fingerprint density at radius 2 is 2.25 bits per heavy atom. The molecule has 1 aliphatic heterocycles. The first-order chi connectivity index (χ1) is 9.74. The largest absolute Gasteiger partial charge is 0.491 e. The van der Waals surface area contributed by atoms with E-state index < -0.39 is 0 Å². The molecule has 0 saturated carbocycles. The van der Waals surface area contributed by atoms with Gasteiger partial charge in [0.15, 0.2) is 0 Å². The molecule has 0 bridgehead atoms. The van der Waals surface area contributed by atoms with E-state index in [1.165, 1.54) is 0 Å². The van der Waals surface area contributed by atoms with Gasteiger partial charge in [-0.05, 0) is 37.6 Å². The Kier molecular flexibility index (Phi) is 5.34. The Labute approximate surface area is 119 Å². The second-order valence-electron chi connectivity index (χ2n) is 5.01. The Morgan fingerprint density at radius 1 is 1.45 bits per heavy atom. The van der Waals surface area contributed by atoms with Crippen molar-refractivity contribution in [1.82, 2.24) is 10.3 Å². The van der Waals surface area contributed by atoms with E-state index in [1.807, 2.05) is 6.07 Å². The highest BCUT2D eigenvalue weighted by Crippen LogP contribution is 2.18. The van der Waals surface area contributed by atoms with Crippen molar-refractivity contribution in [2.24, 2.45) is 17.5 Å². The minimum absolute atomic E-state index is 0.343. The lowest BCUT2D eigenvalue weighted by molar-refractivity contribution is 0.0949. The number of rotatable bonds is 6. The van der Waals surface area contributed by atoms with Gasteiger partial charge < -0.3 is 10.5 Å². The molecule has 1 aromatic carbocycles. The van der Waals surface area contributed by atoms with Gasteiger partial charge in [0, 0.05) is 13.1 Å². The smallest absolute Gasteiger partial charge is 0.268 e. The van der Waals surface area contributed by atoms with Crippen LogP contribution >= 0.6 is 0 Å². The Bertz CT molecular complexity index is 453. The average molecular weight is 278 g/mol. The summed E-state index contributed by atoms with van der Waals surface area (Å²) >= 11 is 0. The molecule has 20 heavy (non-hydrogen) atoms. The van der Waals surface area contributed by atoms with Crippen molar-refractivity contribution in [3.8, 4) is 5.75 Å². The number of carbonyl (C=O) groups is 1. The topological polar surface area (TPSA) is 93.6 Å². The third-order valence-corrected chi connectivity index (χ3v) is 3.63. The zero-order chi connectivity index (χ0) is 14.4. The number of nitrogen functional groups attached to an aromatic ring is 1. The molecular formula is C14H22N4O2. The fraction of sp³-hybridized carbons (Fsp3) is 0.500. The quantitative estimate of drug-likeness (QED) is 0.385. The van der Waals surface area contributed by atoms with Gasteiger partial charge in [-0.2, -0.15) is 0 Å². The SMILES string of the molecule is NCC1CCN(CCOc2ccccc2C(=O)NN)C1. The summed E-state index contributed by atoms with van der Waals surface area (Å²) in [6.07, 6.45) is 1.16. The van der Waals surface area contributed by atoms with Crippen LogP contribution in [0.1, 0.15) is 16.8 Å². The predicted octanol–water partition coefficient (Wildman–Crippen LogP) is -0.0505. The first-order valence-electron chi connectivity index (χ1n) is 6.89. The summed E-state index contributed by atoms with van der Waals surface area (Å²) in [6, 6.07) is 7.09. The minimum Gasteiger partial charge on any atom is -0.491 e. The second-order valence-corrected chi connectivity index (χ2v) is 5.01. The summed E-state index contributed by atoms with van der Waals surface area (Å²) in [7, 11) is 0. The molecule has 1 aliphatic rings. The van der Waals surface area contributed by atoms with E-state index in [4.69, 9.17) is 16.3 Å². The van der Waals surface area contributed by atoms with Gasteiger partial charge in [-0.1, -0.05) is 12.1 Å². The molecule has 1 atom stereocenters. The maximum absolute atomic E-state index is 11.6. The first-order valence-corrected chi connectivity index (χ1v) is 6.89. The van der Waals surface area contributed by atoms with E-state index in [9.17, 15) is 4.79 Å². The average Bonchev–Trinajstić information content (AvgIpc) is 2.95. The number of hydrogen-bond acceptors (Lipinski definition) is 5. The molecule has 1 saturated heterocycles. The molecule has 2 rings (SSSR count). The van der Waals surface area contributed by atoms with Gasteiger partial charge in [-0.3, -0.25) is 15.1 Å². The molecule has 110 valence electrons. The molecule has 0 radical (unpaired) electrons. The molecule has 1 unspecified atom stereocenters. The van der Waals surface area contributed by atoms with E-state index in [1.54, 1.807) is 18.2 Å². The van der Waals surface area contributed by atoms with Crippen LogP contribution in [-0.4, -0.2) is 43.6 Å². The standard InChI is InChI=1S/C14H22N4O2/c15-9-11-5-6-18(10-11)7-8-20-13-4-2-1-3-12(13)14(19)17-16/h1-4,11H,5-10,15-16H2,(H,17,19). The van der Waals surface area contributed by atoms with Gasteiger partial charge in [0.25, 0.3) is 5.91 Å². The van der Waals surface area contributed by atoms with Crippen LogP contribution in [-0.2, 0) is 0 Å². The number of benzene rings is 1. The zero-order valence-corrected chi connectivity index (χ0v) is 11.5. The number of amides is 1. The van der Waals surface area contributed by atoms with Crippen LogP contribution in [0.5, 0.6) is 5.75 Å². The van der Waals surface area contributed by atoms with Crippen LogP contribution in [0.4, 0.5) is 0 Å². The zero-order valence-electron chi connectivity index (χ0n) is 11.5. The molecule has 6 heteroatoms. The number of carbonyl (C=O) groups excluding carboxylic acids is 1. The lowest BCUT2D eigenvalue weighted by Gasteiger charge is -2.17. The molecule has 1 aromatic rings. The summed E-state index contributed by atoms with van der Waals surface area (Å²) in [5, 5.41) is 0. The number of ether oxygens (including phenoxy) is 1. The van der Waals surface area contributed by atoms with E-state index in [-0.39, 0.29) is 5.91 Å². The van der Waals surface area contributed by atoms with Crippen molar-refractivity contribution < 1.29 is 9.53 Å². The van der Waals surface area contributed by atoms with Crippen molar-refractivity contribution in [2.45, 2.75) is 6.42 Å². The number of para-hydroxylation sites is 1. The third kappa shape index (κ3) is 3.69. The van der Waals surface area contributed by atoms with Gasteiger partial charge in [0.1, 0.15) is 12.4 Å². The van der Waals surface area contributed by atoms with Crippen molar-refractivity contribution in [1.29, 1.82) is 0 Å². The van der Waals surface area contributed by atoms with Crippen LogP contribution in [0, 0.1) is 5.92 Å². The predicted molar refractivity (Wildman–Crippen MR) is 77.2 cm³/mol. The number of hydrazine groups is 1. The maximum atomic E-state index is 11.6. The van der Waals surface area contributed by atoms with Crippen LogP contribution < -0.4 is 21.7 Å². The second kappa shape index (κ2) is 7.23. The highest BCUT2D eigenvalue weighted by molar-refractivity contribution is 5.96. The van der Waals surface area contributed by atoms with Crippen LogP contribution in [0.15, 0.2) is 24.3 Å². The van der Waals surface area contributed by atoms with Gasteiger partial charge in [0.05, 0.1) is 5.56 Å². The highest BCUT2D eigenvalue weighted by Gasteiger charge is 2.20. The lowest BCUT2D eigenvalue weighted by atomic mass is 10.1. The maximum Gasteiger partial charge on any atom is 0.268 e. The number of nitrogens with two attached hydrogens (primary N) is 2. The highest BCUT2D eigenvalue weighted by atomic mass is 16.5. The summed E-state index contributed by atoms with van der Waals surface area (Å²) in [5.41, 5.74) is 8.25. The number of hydrogen-bond donors (Lipinski definition) is 3. The van der Waals surface area contributed by atoms with Crippen molar-refractivity contribution in [2.75, 3.05) is 32.8 Å². The van der Waals surface area contributed by atoms with Gasteiger partial charge in [-0.25, -0.2) is 5.84 Å². The third-order valence-electron chi connectivity index (χ3n) is 3.63. The number of nitrogens with one attached hydrogen (secondary N) is 1. The molecule has 1 amide bonds. The van der Waals surface area contributed by atoms with Crippen molar-refractivity contribution in [3.63, 3.8) is 0 Å². The van der Waals surface area contributed by atoms with E-state index >= 15 is 0 Å². The molecule has 5 N–H and O–H groups in total. The van der Waals surface area contributed by atoms with E-state index in [0.29, 0.717) is 23.8 Å². The fourth-order valence-electron chi connectivity index (χ4n) is 2.45. The lowest BCUT2D eigenvalue weighted by Crippen LogP contribution is -2.31. The van der Waals surface area contributed by atoms with Crippen LogP contribution in [0.25, 0.3) is 0 Å². The van der Waals surface area contributed by atoms with E-state index in [0.717, 1.165) is 32.6 Å². The van der Waals surface area contributed by atoms with Crippen molar-refractivity contribution >= 4 is 5.91 Å². The van der Waals surface area contributed by atoms with Crippen LogP contribution in [0.2, 0.25) is 0 Å². The summed E-state index contributed by atoms with van der Waals surface area (Å²) in [4.78, 5) is 13.9. The molecule has 1 heterocycles. The molecular weight excluding hydrogens is 256 g/mol.